The van der Waals surface area contributed by atoms with Gasteiger partial charge in [-0.25, -0.2) is 14.2 Å². The Kier molecular flexibility index (Phi) is 5.48. The molecule has 9 heteroatoms. The Hall–Kier alpha value is -4.01. The van der Waals surface area contributed by atoms with E-state index in [-0.39, 0.29) is 0 Å². The molecule has 2 unspecified atom stereocenters. The van der Waals surface area contributed by atoms with Crippen molar-refractivity contribution in [2.24, 2.45) is 7.05 Å². The molecule has 2 aromatic carbocycles. The number of hydrogen-bond acceptors (Lipinski definition) is 4. The molecule has 0 radical (unpaired) electrons. The van der Waals surface area contributed by atoms with Gasteiger partial charge in [0.15, 0.2) is 0 Å². The van der Waals surface area contributed by atoms with Gasteiger partial charge in [-0.3, -0.25) is 14.5 Å². The number of aromatic nitrogens is 2. The third-order valence-electron chi connectivity index (χ3n) is 5.53. The number of nitrogens with one attached hydrogen (secondary N) is 2. The lowest BCUT2D eigenvalue weighted by atomic mass is 9.92. The summed E-state index contributed by atoms with van der Waals surface area (Å²) in [6.07, 6.45) is 3.27. The predicted octanol–water partition coefficient (Wildman–Crippen LogP) is 2.23. The highest BCUT2D eigenvalue weighted by Gasteiger charge is 2.49. The second kappa shape index (κ2) is 8.26. The fourth-order valence-electron chi connectivity index (χ4n) is 3.80. The van der Waals surface area contributed by atoms with E-state index < -0.39 is 41.8 Å². The lowest BCUT2D eigenvalue weighted by Crippen LogP contribution is -2.44. The molecule has 2 atom stereocenters. The first-order chi connectivity index (χ1) is 15.3. The third kappa shape index (κ3) is 3.84. The molecule has 32 heavy (non-hydrogen) atoms. The minimum Gasteiger partial charge on any atom is -0.341 e. The van der Waals surface area contributed by atoms with Crippen LogP contribution < -0.4 is 10.6 Å². The van der Waals surface area contributed by atoms with Gasteiger partial charge in [-0.05, 0) is 30.2 Å². The largest absolute Gasteiger partial charge is 0.341 e. The highest BCUT2D eigenvalue weighted by atomic mass is 19.1. The zero-order valence-corrected chi connectivity index (χ0v) is 17.6. The van der Waals surface area contributed by atoms with Crippen LogP contribution in [0.15, 0.2) is 67.0 Å². The monoisotopic (exact) mass is 435 g/mol. The van der Waals surface area contributed by atoms with Gasteiger partial charge in [-0.1, -0.05) is 42.5 Å². The van der Waals surface area contributed by atoms with Gasteiger partial charge in [0.25, 0.3) is 5.91 Å². The average Bonchev–Trinajstić information content (AvgIpc) is 3.29. The number of imidazole rings is 1. The molecule has 0 spiro atoms. The summed E-state index contributed by atoms with van der Waals surface area (Å²) in [6, 6.07) is 13.2. The van der Waals surface area contributed by atoms with Crippen molar-refractivity contribution < 1.29 is 18.8 Å². The topological polar surface area (TPSA) is 96.3 Å². The van der Waals surface area contributed by atoms with Crippen molar-refractivity contribution in [2.45, 2.75) is 18.5 Å². The smallest absolute Gasteiger partial charge is 0.325 e. The van der Waals surface area contributed by atoms with Crippen molar-refractivity contribution in [3.63, 3.8) is 0 Å². The number of rotatable bonds is 6. The van der Waals surface area contributed by atoms with E-state index in [9.17, 15) is 18.8 Å². The van der Waals surface area contributed by atoms with Gasteiger partial charge >= 0.3 is 6.03 Å². The van der Waals surface area contributed by atoms with Crippen molar-refractivity contribution in [1.29, 1.82) is 0 Å². The molecule has 1 aliphatic heterocycles. The lowest BCUT2D eigenvalue weighted by molar-refractivity contribution is -0.135. The van der Waals surface area contributed by atoms with Crippen LogP contribution in [0.4, 0.5) is 9.18 Å². The molecule has 2 heterocycles. The molecule has 0 aliphatic carbocycles. The van der Waals surface area contributed by atoms with Gasteiger partial charge in [0.2, 0.25) is 5.91 Å². The van der Waals surface area contributed by atoms with Crippen molar-refractivity contribution >= 4 is 17.8 Å². The number of carbonyl (C=O) groups excluding carboxylic acids is 3. The molecule has 3 aromatic rings. The quantitative estimate of drug-likeness (QED) is 0.581. The zero-order valence-electron chi connectivity index (χ0n) is 17.6. The van der Waals surface area contributed by atoms with Crippen molar-refractivity contribution in [3.8, 4) is 0 Å². The maximum absolute atomic E-state index is 13.8. The molecule has 1 aromatic heterocycles. The van der Waals surface area contributed by atoms with Crippen LogP contribution in [-0.4, -0.2) is 38.8 Å². The van der Waals surface area contributed by atoms with E-state index in [0.29, 0.717) is 17.0 Å². The Bertz CT molecular complexity index is 1180. The predicted molar refractivity (Wildman–Crippen MR) is 114 cm³/mol. The van der Waals surface area contributed by atoms with Crippen LogP contribution in [0, 0.1) is 5.82 Å². The summed E-state index contributed by atoms with van der Waals surface area (Å²) in [4.78, 5) is 43.6. The van der Waals surface area contributed by atoms with E-state index in [1.54, 1.807) is 61.3 Å². The van der Waals surface area contributed by atoms with Crippen LogP contribution in [0.2, 0.25) is 0 Å². The Morgan fingerprint density at radius 3 is 2.59 bits per heavy atom. The number of carbonyl (C=O) groups is 3. The molecule has 0 bridgehead atoms. The number of urea groups is 1. The number of imide groups is 1. The van der Waals surface area contributed by atoms with Crippen LogP contribution in [-0.2, 0) is 22.2 Å². The molecular formula is C23H22FN5O3. The number of amides is 4. The summed E-state index contributed by atoms with van der Waals surface area (Å²) in [7, 11) is 1.75. The Morgan fingerprint density at radius 2 is 1.94 bits per heavy atom. The maximum Gasteiger partial charge on any atom is 0.325 e. The Balaban J connectivity index is 1.56. The second-order valence-corrected chi connectivity index (χ2v) is 7.76. The van der Waals surface area contributed by atoms with E-state index in [1.165, 1.54) is 18.2 Å². The van der Waals surface area contributed by atoms with Gasteiger partial charge in [-0.2, -0.15) is 0 Å². The van der Waals surface area contributed by atoms with Gasteiger partial charge < -0.3 is 15.2 Å². The van der Waals surface area contributed by atoms with Gasteiger partial charge in [0.1, 0.15) is 29.8 Å². The zero-order chi connectivity index (χ0) is 22.9. The fourth-order valence-corrected chi connectivity index (χ4v) is 3.80. The van der Waals surface area contributed by atoms with Gasteiger partial charge in [0.05, 0.1) is 0 Å². The van der Waals surface area contributed by atoms with E-state index in [2.05, 4.69) is 15.6 Å². The molecule has 4 amide bonds. The highest BCUT2D eigenvalue weighted by molar-refractivity contribution is 6.09. The SMILES string of the molecule is Cn1ccnc1C(NC(=O)CN1C(=O)NC(C)(c2ccccc2)C1=O)c1cccc(F)c1. The molecule has 2 N–H and O–H groups in total. The first-order valence-electron chi connectivity index (χ1n) is 10.0. The summed E-state index contributed by atoms with van der Waals surface area (Å²) in [5.74, 6) is -1.08. The summed E-state index contributed by atoms with van der Waals surface area (Å²) in [5, 5.41) is 5.45. The number of halogens is 1. The van der Waals surface area contributed by atoms with E-state index in [4.69, 9.17) is 0 Å². The summed E-state index contributed by atoms with van der Waals surface area (Å²) in [6.45, 7) is 1.12. The lowest BCUT2D eigenvalue weighted by Gasteiger charge is -2.23. The number of benzene rings is 2. The summed E-state index contributed by atoms with van der Waals surface area (Å²) >= 11 is 0. The van der Waals surface area contributed by atoms with E-state index >= 15 is 0 Å². The Labute approximate surface area is 184 Å². The fraction of sp³-hybridized carbons (Fsp3) is 0.217. The Morgan fingerprint density at radius 1 is 1.19 bits per heavy atom. The van der Waals surface area contributed by atoms with Crippen LogP contribution in [0.3, 0.4) is 0 Å². The van der Waals surface area contributed by atoms with Gasteiger partial charge in [0, 0.05) is 19.4 Å². The third-order valence-corrected chi connectivity index (χ3v) is 5.53. The molecule has 1 fully saturated rings. The number of nitrogens with zero attached hydrogens (tertiary/aromatic N) is 3. The first-order valence-corrected chi connectivity index (χ1v) is 10.0. The van der Waals surface area contributed by atoms with Crippen LogP contribution >= 0.6 is 0 Å². The number of hydrogen-bond donors (Lipinski definition) is 2. The molecule has 0 saturated carbocycles. The normalized spacial score (nSPS) is 19.0. The average molecular weight is 435 g/mol. The highest BCUT2D eigenvalue weighted by Crippen LogP contribution is 2.28. The first kappa shape index (κ1) is 21.2. The van der Waals surface area contributed by atoms with Crippen LogP contribution in [0.25, 0.3) is 0 Å². The van der Waals surface area contributed by atoms with Crippen LogP contribution in [0.1, 0.15) is 29.9 Å². The van der Waals surface area contributed by atoms with Crippen molar-refractivity contribution in [2.75, 3.05) is 6.54 Å². The minimum atomic E-state index is -1.26. The summed E-state index contributed by atoms with van der Waals surface area (Å²) in [5.41, 5.74) is -0.161. The van der Waals surface area contributed by atoms with E-state index in [1.807, 2.05) is 6.07 Å². The molecule has 164 valence electrons. The van der Waals surface area contributed by atoms with Crippen molar-refractivity contribution in [1.82, 2.24) is 25.1 Å². The maximum atomic E-state index is 13.8. The molecule has 1 aliphatic rings. The summed E-state index contributed by atoms with van der Waals surface area (Å²) < 4.78 is 15.5. The van der Waals surface area contributed by atoms with Crippen molar-refractivity contribution in [3.05, 3.63) is 89.8 Å². The molecule has 1 saturated heterocycles. The van der Waals surface area contributed by atoms with Crippen LogP contribution in [0.5, 0.6) is 0 Å². The second-order valence-electron chi connectivity index (χ2n) is 7.76. The minimum absolute atomic E-state index is 0.455. The molecule has 4 rings (SSSR count). The number of aryl methyl sites for hydroxylation is 1. The molecule has 8 nitrogen and oxygen atoms in total. The van der Waals surface area contributed by atoms with E-state index in [0.717, 1.165) is 4.90 Å². The molecular weight excluding hydrogens is 413 g/mol. The standard InChI is InChI=1S/C23H22FN5O3/c1-23(16-8-4-3-5-9-16)21(31)29(22(32)27-23)14-18(30)26-19(20-25-11-12-28(20)2)15-7-6-10-17(24)13-15/h3-13,19H,14H2,1-2H3,(H,26,30)(H,27,32). The van der Waals surface area contributed by atoms with Gasteiger partial charge in [-0.15, -0.1) is 0 Å².